The minimum atomic E-state index is -1.52. The van der Waals surface area contributed by atoms with E-state index in [2.05, 4.69) is 0 Å². The number of ether oxygens (including phenoxy) is 1. The zero-order valence-corrected chi connectivity index (χ0v) is 21.6. The summed E-state index contributed by atoms with van der Waals surface area (Å²) in [5.41, 5.74) is 0.884. The van der Waals surface area contributed by atoms with Crippen LogP contribution in [-0.2, 0) is 16.0 Å². The molecule has 0 bridgehead atoms. The van der Waals surface area contributed by atoms with E-state index >= 15 is 0 Å². The molecule has 3 N–H and O–H groups in total. The summed E-state index contributed by atoms with van der Waals surface area (Å²) in [7, 11) is 1.60. The van der Waals surface area contributed by atoms with Gasteiger partial charge in [0.2, 0.25) is 0 Å². The van der Waals surface area contributed by atoms with Gasteiger partial charge in [0.05, 0.1) is 12.7 Å². The molecule has 0 saturated heterocycles. The molecular weight excluding hydrogens is 432 g/mol. The standard InChI is InChI=1S/C28H40O6/c1-19(9-8-13-28(6,33)25(31)12-14-27(4,5)32)15-23(29)16-20(2)10-11-22-18-24(30)17-21(3)26(22)34-7/h10,12,14-15,17-18,30,32-33H,8-9,11,13,16H2,1-7H3/b14-12+,19-15-,20-10+. The Morgan fingerprint density at radius 1 is 1.09 bits per heavy atom. The van der Waals surface area contributed by atoms with Crippen LogP contribution in [0.2, 0.25) is 0 Å². The highest BCUT2D eigenvalue weighted by Crippen LogP contribution is 2.29. The van der Waals surface area contributed by atoms with Crippen molar-refractivity contribution >= 4 is 11.6 Å². The van der Waals surface area contributed by atoms with Crippen molar-refractivity contribution in [3.05, 3.63) is 58.7 Å². The normalized spacial score (nSPS) is 14.9. The van der Waals surface area contributed by atoms with Crippen LogP contribution in [0.25, 0.3) is 0 Å². The number of rotatable bonds is 13. The Labute approximate surface area is 203 Å². The molecule has 1 aromatic carbocycles. The van der Waals surface area contributed by atoms with Crippen LogP contribution in [0.15, 0.2) is 47.6 Å². The van der Waals surface area contributed by atoms with Crippen molar-refractivity contribution in [3.63, 3.8) is 0 Å². The zero-order chi connectivity index (χ0) is 26.1. The van der Waals surface area contributed by atoms with Gasteiger partial charge in [-0.15, -0.1) is 0 Å². The molecule has 0 fully saturated rings. The van der Waals surface area contributed by atoms with Gasteiger partial charge in [0.15, 0.2) is 11.6 Å². The van der Waals surface area contributed by atoms with Gasteiger partial charge >= 0.3 is 0 Å². The number of ketones is 2. The summed E-state index contributed by atoms with van der Waals surface area (Å²) in [5, 5.41) is 30.0. The largest absolute Gasteiger partial charge is 0.508 e. The molecule has 0 aliphatic heterocycles. The van der Waals surface area contributed by atoms with Gasteiger partial charge < -0.3 is 20.1 Å². The van der Waals surface area contributed by atoms with E-state index in [0.29, 0.717) is 19.3 Å². The summed E-state index contributed by atoms with van der Waals surface area (Å²) in [6.45, 7) is 10.2. The first-order valence-electron chi connectivity index (χ1n) is 11.5. The number of aromatic hydroxyl groups is 1. The number of methoxy groups -OCH3 is 1. The van der Waals surface area contributed by atoms with Gasteiger partial charge in [-0.05, 0) is 97.1 Å². The number of aliphatic hydroxyl groups is 2. The van der Waals surface area contributed by atoms with E-state index in [1.807, 2.05) is 26.8 Å². The van der Waals surface area contributed by atoms with Crippen molar-refractivity contribution in [1.29, 1.82) is 0 Å². The maximum atomic E-state index is 12.4. The molecule has 1 aromatic rings. The lowest BCUT2D eigenvalue weighted by Crippen LogP contribution is -2.34. The molecule has 1 unspecified atom stereocenters. The van der Waals surface area contributed by atoms with Crippen molar-refractivity contribution in [3.8, 4) is 11.5 Å². The lowest BCUT2D eigenvalue weighted by molar-refractivity contribution is -0.131. The molecule has 34 heavy (non-hydrogen) atoms. The molecule has 0 aromatic heterocycles. The smallest absolute Gasteiger partial charge is 0.186 e. The minimum absolute atomic E-state index is 0.0127. The lowest BCUT2D eigenvalue weighted by atomic mass is 9.91. The van der Waals surface area contributed by atoms with Gasteiger partial charge in [-0.25, -0.2) is 0 Å². The predicted molar refractivity (Wildman–Crippen MR) is 135 cm³/mol. The van der Waals surface area contributed by atoms with E-state index in [4.69, 9.17) is 4.74 Å². The molecule has 0 amide bonds. The Morgan fingerprint density at radius 2 is 1.74 bits per heavy atom. The second kappa shape index (κ2) is 12.7. The molecule has 1 rings (SSSR count). The number of carbonyl (C=O) groups is 2. The van der Waals surface area contributed by atoms with Gasteiger partial charge in [0, 0.05) is 12.0 Å². The maximum absolute atomic E-state index is 12.4. The molecule has 0 radical (unpaired) electrons. The van der Waals surface area contributed by atoms with Crippen molar-refractivity contribution < 1.29 is 29.6 Å². The number of phenols is 1. The number of carbonyl (C=O) groups excluding carboxylic acids is 2. The van der Waals surface area contributed by atoms with Crippen molar-refractivity contribution in [2.45, 2.75) is 84.8 Å². The van der Waals surface area contributed by atoms with Crippen molar-refractivity contribution in [2.75, 3.05) is 7.11 Å². The van der Waals surface area contributed by atoms with Crippen molar-refractivity contribution in [1.82, 2.24) is 0 Å². The fourth-order valence-corrected chi connectivity index (χ4v) is 3.59. The average molecular weight is 473 g/mol. The molecule has 1 atom stereocenters. The van der Waals surface area contributed by atoms with Crippen LogP contribution in [0.1, 0.15) is 71.4 Å². The van der Waals surface area contributed by atoms with E-state index in [0.717, 1.165) is 28.0 Å². The number of phenolic OH excluding ortho intramolecular Hbond substituents is 1. The molecular formula is C28H40O6. The summed E-state index contributed by atoms with van der Waals surface area (Å²) in [6.07, 6.45) is 8.38. The first kappa shape index (κ1) is 29.3. The Balaban J connectivity index is 2.62. The van der Waals surface area contributed by atoms with Crippen LogP contribution in [0, 0.1) is 6.92 Å². The van der Waals surface area contributed by atoms with E-state index in [-0.39, 0.29) is 24.4 Å². The SMILES string of the molecule is COc1c(C)cc(O)cc1C/C=C(\C)CC(=O)/C=C(/C)CCCC(C)(O)C(=O)/C=C/C(C)(C)O. The molecule has 0 aliphatic rings. The van der Waals surface area contributed by atoms with E-state index in [1.165, 1.54) is 19.1 Å². The lowest BCUT2D eigenvalue weighted by Gasteiger charge is -2.20. The highest BCUT2D eigenvalue weighted by molar-refractivity contribution is 5.96. The second-order valence-corrected chi connectivity index (χ2v) is 9.82. The zero-order valence-electron chi connectivity index (χ0n) is 21.6. The fourth-order valence-electron chi connectivity index (χ4n) is 3.59. The van der Waals surface area contributed by atoms with Crippen LogP contribution < -0.4 is 4.74 Å². The third kappa shape index (κ3) is 10.5. The number of allylic oxidation sites excluding steroid dienone is 4. The summed E-state index contributed by atoms with van der Waals surface area (Å²) >= 11 is 0. The van der Waals surface area contributed by atoms with E-state index < -0.39 is 17.0 Å². The van der Waals surface area contributed by atoms with Crippen LogP contribution in [0.5, 0.6) is 11.5 Å². The van der Waals surface area contributed by atoms with Crippen molar-refractivity contribution in [2.24, 2.45) is 0 Å². The predicted octanol–water partition coefficient (Wildman–Crippen LogP) is 4.92. The summed E-state index contributed by atoms with van der Waals surface area (Å²) < 4.78 is 5.43. The first-order valence-corrected chi connectivity index (χ1v) is 11.5. The van der Waals surface area contributed by atoms with Crippen LogP contribution in [-0.4, -0.2) is 45.2 Å². The number of benzene rings is 1. The Bertz CT molecular complexity index is 958. The van der Waals surface area contributed by atoms with Gasteiger partial charge in [-0.1, -0.05) is 23.3 Å². The summed E-state index contributed by atoms with van der Waals surface area (Å²) in [4.78, 5) is 24.6. The third-order valence-corrected chi connectivity index (χ3v) is 5.48. The van der Waals surface area contributed by atoms with E-state index in [9.17, 15) is 24.9 Å². The van der Waals surface area contributed by atoms with Gasteiger partial charge in [0.1, 0.15) is 17.1 Å². The maximum Gasteiger partial charge on any atom is 0.186 e. The molecule has 6 nitrogen and oxygen atoms in total. The summed E-state index contributed by atoms with van der Waals surface area (Å²) in [5.74, 6) is 0.449. The Morgan fingerprint density at radius 3 is 2.32 bits per heavy atom. The first-order chi connectivity index (χ1) is 15.6. The molecule has 188 valence electrons. The van der Waals surface area contributed by atoms with Crippen LogP contribution in [0.4, 0.5) is 0 Å². The monoisotopic (exact) mass is 472 g/mol. The average Bonchev–Trinajstić information content (AvgIpc) is 2.69. The number of aryl methyl sites for hydroxylation is 1. The third-order valence-electron chi connectivity index (χ3n) is 5.48. The van der Waals surface area contributed by atoms with Gasteiger partial charge in [-0.2, -0.15) is 0 Å². The number of hydrogen-bond acceptors (Lipinski definition) is 6. The molecule has 0 heterocycles. The Hall–Kier alpha value is -2.70. The number of hydrogen-bond donors (Lipinski definition) is 3. The fraction of sp³-hybridized carbons (Fsp3) is 0.500. The summed E-state index contributed by atoms with van der Waals surface area (Å²) in [6, 6.07) is 3.32. The van der Waals surface area contributed by atoms with Gasteiger partial charge in [-0.3, -0.25) is 9.59 Å². The highest BCUT2D eigenvalue weighted by Gasteiger charge is 2.27. The topological polar surface area (TPSA) is 104 Å². The van der Waals surface area contributed by atoms with Gasteiger partial charge in [0.25, 0.3) is 0 Å². The quantitative estimate of drug-likeness (QED) is 0.278. The Kier molecular flexibility index (Phi) is 10.9. The molecule has 6 heteroatoms. The highest BCUT2D eigenvalue weighted by atomic mass is 16.5. The molecule has 0 spiro atoms. The second-order valence-electron chi connectivity index (χ2n) is 9.82. The van der Waals surface area contributed by atoms with Crippen LogP contribution in [0.3, 0.4) is 0 Å². The van der Waals surface area contributed by atoms with E-state index in [1.54, 1.807) is 39.2 Å². The van der Waals surface area contributed by atoms with Crippen LogP contribution >= 0.6 is 0 Å². The minimum Gasteiger partial charge on any atom is -0.508 e. The molecule has 0 aliphatic carbocycles. The molecule has 0 saturated carbocycles.